The van der Waals surface area contributed by atoms with Gasteiger partial charge in [0.1, 0.15) is 0 Å². The Balaban J connectivity index is 1.41. The summed E-state index contributed by atoms with van der Waals surface area (Å²) in [7, 11) is 0. The zero-order valence-electron chi connectivity index (χ0n) is 15.7. The number of hydrogen-bond donors (Lipinski definition) is 2. The Kier molecular flexibility index (Phi) is 5.35. The van der Waals surface area contributed by atoms with Crippen LogP contribution in [0.25, 0.3) is 10.8 Å². The number of hydrogen-bond acceptors (Lipinski definition) is 2. The molecule has 0 saturated heterocycles. The molecule has 0 saturated carbocycles. The molecule has 0 aliphatic rings. The Bertz CT molecular complexity index is 1090. The van der Waals surface area contributed by atoms with Crippen molar-refractivity contribution in [2.24, 2.45) is 0 Å². The molecule has 2 N–H and O–H groups in total. The highest BCUT2D eigenvalue weighted by atomic mass is 32.1. The molecule has 28 heavy (non-hydrogen) atoms. The molecule has 0 spiro atoms. The molecule has 1 aromatic heterocycles. The topological polar surface area (TPSA) is 41.9 Å². The van der Waals surface area contributed by atoms with Gasteiger partial charge in [-0.1, -0.05) is 61.5 Å². The Labute approximate surface area is 170 Å². The van der Waals surface area contributed by atoms with Crippen molar-refractivity contribution in [1.29, 1.82) is 0 Å². The normalized spacial score (nSPS) is 10.8. The minimum Gasteiger partial charge on any atom is -0.332 e. The molecule has 0 fully saturated rings. The van der Waals surface area contributed by atoms with Crippen LogP contribution in [0.2, 0.25) is 0 Å². The van der Waals surface area contributed by atoms with Gasteiger partial charge < -0.3 is 10.6 Å². The number of rotatable bonds is 5. The Morgan fingerprint density at radius 3 is 2.50 bits per heavy atom. The predicted molar refractivity (Wildman–Crippen MR) is 121 cm³/mol. The van der Waals surface area contributed by atoms with Crippen molar-refractivity contribution in [3.05, 3.63) is 90.3 Å². The van der Waals surface area contributed by atoms with Crippen LogP contribution in [0.5, 0.6) is 0 Å². The molecule has 0 bridgehead atoms. The lowest BCUT2D eigenvalue weighted by Gasteiger charge is -2.09. The molecule has 3 aromatic carbocycles. The summed E-state index contributed by atoms with van der Waals surface area (Å²) in [6.07, 6.45) is 4.79. The van der Waals surface area contributed by atoms with Gasteiger partial charge in [-0.2, -0.15) is 5.10 Å². The van der Waals surface area contributed by atoms with Gasteiger partial charge in [0, 0.05) is 11.9 Å². The summed E-state index contributed by atoms with van der Waals surface area (Å²) in [6.45, 7) is 2.85. The lowest BCUT2D eigenvalue weighted by atomic mass is 10.0. The van der Waals surface area contributed by atoms with Crippen molar-refractivity contribution in [2.45, 2.75) is 19.9 Å². The number of aromatic nitrogens is 2. The average molecular weight is 387 g/mol. The van der Waals surface area contributed by atoms with E-state index in [-0.39, 0.29) is 0 Å². The lowest BCUT2D eigenvalue weighted by molar-refractivity contribution is 0.690. The molecule has 140 valence electrons. The second kappa shape index (κ2) is 8.23. The fourth-order valence-electron chi connectivity index (χ4n) is 3.24. The van der Waals surface area contributed by atoms with E-state index < -0.39 is 0 Å². The number of thiocarbonyl (C=S) groups is 1. The molecule has 1 heterocycles. The number of anilines is 2. The number of fused-ring (bicyclic) bond motifs is 1. The van der Waals surface area contributed by atoms with E-state index >= 15 is 0 Å². The third kappa shape index (κ3) is 4.21. The van der Waals surface area contributed by atoms with E-state index in [1.807, 2.05) is 23.0 Å². The smallest absolute Gasteiger partial charge is 0.175 e. The highest BCUT2D eigenvalue weighted by Gasteiger charge is 2.05. The molecule has 5 heteroatoms. The molecule has 0 aliphatic heterocycles. The molecular weight excluding hydrogens is 364 g/mol. The van der Waals surface area contributed by atoms with Crippen LogP contribution >= 0.6 is 12.2 Å². The van der Waals surface area contributed by atoms with Crippen molar-refractivity contribution in [2.75, 3.05) is 10.6 Å². The molecule has 0 amide bonds. The van der Waals surface area contributed by atoms with E-state index in [0.29, 0.717) is 11.7 Å². The second-order valence-electron chi connectivity index (χ2n) is 6.69. The summed E-state index contributed by atoms with van der Waals surface area (Å²) in [5.41, 5.74) is 4.38. The maximum absolute atomic E-state index is 5.42. The minimum atomic E-state index is 0.550. The quantitative estimate of drug-likeness (QED) is 0.447. The number of benzene rings is 3. The molecule has 4 nitrogen and oxygen atoms in total. The van der Waals surface area contributed by atoms with Crippen LogP contribution in [0, 0.1) is 0 Å². The van der Waals surface area contributed by atoms with Gasteiger partial charge in [0.15, 0.2) is 5.11 Å². The zero-order chi connectivity index (χ0) is 19.3. The van der Waals surface area contributed by atoms with Crippen molar-refractivity contribution in [1.82, 2.24) is 9.78 Å². The van der Waals surface area contributed by atoms with Crippen molar-refractivity contribution < 1.29 is 0 Å². The van der Waals surface area contributed by atoms with Gasteiger partial charge in [0.25, 0.3) is 0 Å². The van der Waals surface area contributed by atoms with Crippen LogP contribution in [-0.2, 0) is 13.0 Å². The second-order valence-corrected chi connectivity index (χ2v) is 7.10. The summed E-state index contributed by atoms with van der Waals surface area (Å²) in [5.74, 6) is 0. The van der Waals surface area contributed by atoms with Gasteiger partial charge in [0.2, 0.25) is 0 Å². The first kappa shape index (κ1) is 18.2. The van der Waals surface area contributed by atoms with Gasteiger partial charge in [-0.3, -0.25) is 4.68 Å². The summed E-state index contributed by atoms with van der Waals surface area (Å²) >= 11 is 5.42. The van der Waals surface area contributed by atoms with Crippen LogP contribution in [-0.4, -0.2) is 14.9 Å². The van der Waals surface area contributed by atoms with E-state index in [9.17, 15) is 0 Å². The maximum Gasteiger partial charge on any atom is 0.175 e. The minimum absolute atomic E-state index is 0.550. The molecule has 4 aromatic rings. The van der Waals surface area contributed by atoms with Crippen molar-refractivity contribution >= 4 is 39.5 Å². The van der Waals surface area contributed by atoms with E-state index in [1.54, 1.807) is 6.20 Å². The summed E-state index contributed by atoms with van der Waals surface area (Å²) in [6, 6.07) is 23.1. The summed E-state index contributed by atoms with van der Waals surface area (Å²) < 4.78 is 1.92. The van der Waals surface area contributed by atoms with Crippen LogP contribution in [0.1, 0.15) is 18.1 Å². The Hall–Kier alpha value is -3.18. The molecule has 0 aliphatic carbocycles. The predicted octanol–water partition coefficient (Wildman–Crippen LogP) is 5.46. The maximum atomic E-state index is 5.42. The fourth-order valence-corrected chi connectivity index (χ4v) is 3.47. The van der Waals surface area contributed by atoms with Gasteiger partial charge in [-0.15, -0.1) is 0 Å². The largest absolute Gasteiger partial charge is 0.332 e. The first-order valence-corrected chi connectivity index (χ1v) is 9.78. The number of nitrogens with zero attached hydrogens (tertiary/aromatic N) is 2. The van der Waals surface area contributed by atoms with Crippen LogP contribution in [0.3, 0.4) is 0 Å². The van der Waals surface area contributed by atoms with Crippen molar-refractivity contribution in [3.63, 3.8) is 0 Å². The monoisotopic (exact) mass is 386 g/mol. The summed E-state index contributed by atoms with van der Waals surface area (Å²) in [5, 5.41) is 13.9. The molecule has 4 rings (SSSR count). The fraction of sp³-hybridized carbons (Fsp3) is 0.130. The standard InChI is InChI=1S/C23H22N4S/c1-2-17-10-12-20(13-11-17)25-23(28)26-21-14-24-27(16-21)15-19-8-5-7-18-6-3-4-9-22(18)19/h3-14,16H,2,15H2,1H3,(H2,25,26,28). The van der Waals surface area contributed by atoms with E-state index in [1.165, 1.54) is 21.9 Å². The van der Waals surface area contributed by atoms with Gasteiger partial charge in [0.05, 0.1) is 18.4 Å². The highest BCUT2D eigenvalue weighted by molar-refractivity contribution is 7.80. The Morgan fingerprint density at radius 1 is 0.929 bits per heavy atom. The lowest BCUT2D eigenvalue weighted by Crippen LogP contribution is -2.18. The van der Waals surface area contributed by atoms with E-state index in [4.69, 9.17) is 12.2 Å². The molecular formula is C23H22N4S. The van der Waals surface area contributed by atoms with Gasteiger partial charge in [-0.25, -0.2) is 0 Å². The first-order valence-electron chi connectivity index (χ1n) is 9.37. The SMILES string of the molecule is CCc1ccc(NC(=S)Nc2cnn(Cc3cccc4ccccc34)c2)cc1. The Morgan fingerprint density at radius 2 is 1.68 bits per heavy atom. The number of nitrogens with one attached hydrogen (secondary N) is 2. The van der Waals surface area contributed by atoms with Crippen LogP contribution in [0.4, 0.5) is 11.4 Å². The van der Waals surface area contributed by atoms with E-state index in [2.05, 4.69) is 77.3 Å². The average Bonchev–Trinajstić information content (AvgIpc) is 3.15. The van der Waals surface area contributed by atoms with Gasteiger partial charge >= 0.3 is 0 Å². The van der Waals surface area contributed by atoms with E-state index in [0.717, 1.165) is 17.8 Å². The van der Waals surface area contributed by atoms with Crippen LogP contribution in [0.15, 0.2) is 79.1 Å². The molecule has 0 atom stereocenters. The van der Waals surface area contributed by atoms with Crippen LogP contribution < -0.4 is 10.6 Å². The molecule has 0 radical (unpaired) electrons. The third-order valence-electron chi connectivity index (χ3n) is 4.72. The zero-order valence-corrected chi connectivity index (χ0v) is 16.5. The molecule has 0 unspecified atom stereocenters. The third-order valence-corrected chi connectivity index (χ3v) is 4.93. The van der Waals surface area contributed by atoms with Gasteiger partial charge in [-0.05, 0) is 52.7 Å². The number of aryl methyl sites for hydroxylation is 1. The first-order chi connectivity index (χ1) is 13.7. The highest BCUT2D eigenvalue weighted by Crippen LogP contribution is 2.20. The summed E-state index contributed by atoms with van der Waals surface area (Å²) in [4.78, 5) is 0. The van der Waals surface area contributed by atoms with Crippen molar-refractivity contribution in [3.8, 4) is 0 Å².